The Kier molecular flexibility index (Phi) is 1.97. The number of fused-ring (bicyclic) bond motifs is 2. The zero-order valence-electron chi connectivity index (χ0n) is 9.92. The molecule has 94 valence electrons. The number of hydrogen-bond donors (Lipinski definition) is 1. The smallest absolute Gasteiger partial charge is 0.231 e. The maximum Gasteiger partial charge on any atom is 0.231 e. The fraction of sp³-hybridized carbons (Fsp3) is 0.0714. The lowest BCUT2D eigenvalue weighted by atomic mass is 10.2. The first-order chi connectivity index (χ1) is 9.31. The Morgan fingerprint density at radius 2 is 1.95 bits per heavy atom. The zero-order valence-corrected chi connectivity index (χ0v) is 9.92. The van der Waals surface area contributed by atoms with Crippen molar-refractivity contribution in [3.63, 3.8) is 0 Å². The summed E-state index contributed by atoms with van der Waals surface area (Å²) in [6.07, 6.45) is 0. The van der Waals surface area contributed by atoms with Crippen molar-refractivity contribution >= 4 is 16.8 Å². The Hall–Kier alpha value is -2.69. The Morgan fingerprint density at radius 3 is 2.84 bits per heavy atom. The van der Waals surface area contributed by atoms with Gasteiger partial charge in [0.25, 0.3) is 0 Å². The van der Waals surface area contributed by atoms with Gasteiger partial charge in [-0.15, -0.1) is 0 Å². The number of aromatic nitrogens is 1. The molecule has 2 aromatic carbocycles. The van der Waals surface area contributed by atoms with Crippen molar-refractivity contribution in [3.05, 3.63) is 36.4 Å². The van der Waals surface area contributed by atoms with Gasteiger partial charge in [0.1, 0.15) is 5.52 Å². The summed E-state index contributed by atoms with van der Waals surface area (Å²) in [5, 5.41) is 0. The maximum absolute atomic E-state index is 5.87. The second-order valence-electron chi connectivity index (χ2n) is 4.28. The minimum Gasteiger partial charge on any atom is -0.454 e. The van der Waals surface area contributed by atoms with Gasteiger partial charge in [-0.3, -0.25) is 0 Å². The summed E-state index contributed by atoms with van der Waals surface area (Å²) < 4.78 is 16.3. The van der Waals surface area contributed by atoms with Crippen LogP contribution >= 0.6 is 0 Å². The van der Waals surface area contributed by atoms with Crippen LogP contribution in [0.4, 0.5) is 5.69 Å². The first-order valence-electron chi connectivity index (χ1n) is 5.86. The average Bonchev–Trinajstić information content (AvgIpc) is 3.04. The standard InChI is InChI=1S/C14H10N2O3/c15-9-2-1-3-11-13(9)16-14(19-11)8-4-5-10-12(6-8)18-7-17-10/h1-6H,7,15H2. The van der Waals surface area contributed by atoms with E-state index in [9.17, 15) is 0 Å². The van der Waals surface area contributed by atoms with Crippen LogP contribution in [0.25, 0.3) is 22.6 Å². The number of para-hydroxylation sites is 1. The highest BCUT2D eigenvalue weighted by atomic mass is 16.7. The first-order valence-corrected chi connectivity index (χ1v) is 5.86. The van der Waals surface area contributed by atoms with Crippen molar-refractivity contribution in [1.82, 2.24) is 4.98 Å². The molecule has 0 saturated heterocycles. The largest absolute Gasteiger partial charge is 0.454 e. The summed E-state index contributed by atoms with van der Waals surface area (Å²) in [5.41, 5.74) is 8.66. The summed E-state index contributed by atoms with van der Waals surface area (Å²) in [5.74, 6) is 1.96. The highest BCUT2D eigenvalue weighted by Crippen LogP contribution is 2.36. The lowest BCUT2D eigenvalue weighted by Crippen LogP contribution is -1.92. The fourth-order valence-corrected chi connectivity index (χ4v) is 2.12. The predicted octanol–water partition coefficient (Wildman–Crippen LogP) is 2.81. The molecule has 0 aliphatic carbocycles. The molecule has 3 aromatic rings. The molecule has 2 N–H and O–H groups in total. The molecule has 0 radical (unpaired) electrons. The molecule has 5 heteroatoms. The van der Waals surface area contributed by atoms with Crippen molar-refractivity contribution in [2.45, 2.75) is 0 Å². The molecule has 1 aromatic heterocycles. The first kappa shape index (κ1) is 10.3. The minimum atomic E-state index is 0.249. The van der Waals surface area contributed by atoms with Gasteiger partial charge in [0.15, 0.2) is 17.1 Å². The molecule has 0 spiro atoms. The molecule has 1 aliphatic heterocycles. The van der Waals surface area contributed by atoms with Crippen LogP contribution in [0.1, 0.15) is 0 Å². The number of anilines is 1. The van der Waals surface area contributed by atoms with Crippen LogP contribution in [0.3, 0.4) is 0 Å². The molecule has 5 nitrogen and oxygen atoms in total. The van der Waals surface area contributed by atoms with Gasteiger partial charge >= 0.3 is 0 Å². The number of oxazole rings is 1. The van der Waals surface area contributed by atoms with Crippen molar-refractivity contribution in [1.29, 1.82) is 0 Å². The molecule has 19 heavy (non-hydrogen) atoms. The molecule has 0 bridgehead atoms. The Morgan fingerprint density at radius 1 is 1.05 bits per heavy atom. The summed E-state index contributed by atoms with van der Waals surface area (Å²) in [7, 11) is 0. The number of nitrogens with two attached hydrogens (primary N) is 1. The topological polar surface area (TPSA) is 70.5 Å². The van der Waals surface area contributed by atoms with E-state index in [1.54, 1.807) is 6.07 Å². The Balaban J connectivity index is 1.88. The van der Waals surface area contributed by atoms with Crippen LogP contribution in [0.5, 0.6) is 11.5 Å². The molecule has 0 fully saturated rings. The molecule has 4 rings (SSSR count). The van der Waals surface area contributed by atoms with Crippen LogP contribution in [0.2, 0.25) is 0 Å². The molecule has 0 unspecified atom stereocenters. The summed E-state index contributed by atoms with van der Waals surface area (Å²) >= 11 is 0. The second-order valence-corrected chi connectivity index (χ2v) is 4.28. The number of nitrogens with zero attached hydrogens (tertiary/aromatic N) is 1. The van der Waals surface area contributed by atoms with E-state index in [-0.39, 0.29) is 6.79 Å². The third-order valence-corrected chi connectivity index (χ3v) is 3.07. The Labute approximate surface area is 108 Å². The molecule has 0 saturated carbocycles. The predicted molar refractivity (Wildman–Crippen MR) is 70.0 cm³/mol. The van der Waals surface area contributed by atoms with E-state index >= 15 is 0 Å². The van der Waals surface area contributed by atoms with Crippen LogP contribution in [0.15, 0.2) is 40.8 Å². The van der Waals surface area contributed by atoms with E-state index in [1.165, 1.54) is 0 Å². The van der Waals surface area contributed by atoms with Gasteiger partial charge in [0.2, 0.25) is 12.7 Å². The fourth-order valence-electron chi connectivity index (χ4n) is 2.12. The van der Waals surface area contributed by atoms with Crippen LogP contribution in [-0.2, 0) is 0 Å². The highest BCUT2D eigenvalue weighted by Gasteiger charge is 2.16. The van der Waals surface area contributed by atoms with Crippen LogP contribution in [0, 0.1) is 0 Å². The van der Waals surface area contributed by atoms with E-state index in [0.717, 1.165) is 11.3 Å². The van der Waals surface area contributed by atoms with E-state index in [1.807, 2.05) is 30.3 Å². The second kappa shape index (κ2) is 3.65. The minimum absolute atomic E-state index is 0.249. The quantitative estimate of drug-likeness (QED) is 0.676. The lowest BCUT2D eigenvalue weighted by Gasteiger charge is -1.98. The van der Waals surface area contributed by atoms with Crippen molar-refractivity contribution in [2.75, 3.05) is 12.5 Å². The highest BCUT2D eigenvalue weighted by molar-refractivity contribution is 5.87. The molecule has 0 atom stereocenters. The summed E-state index contributed by atoms with van der Waals surface area (Å²) in [6.45, 7) is 0.249. The van der Waals surface area contributed by atoms with E-state index in [2.05, 4.69) is 4.98 Å². The zero-order chi connectivity index (χ0) is 12.8. The maximum atomic E-state index is 5.87. The molecule has 2 heterocycles. The van der Waals surface area contributed by atoms with E-state index < -0.39 is 0 Å². The summed E-state index contributed by atoms with van der Waals surface area (Å²) in [6, 6.07) is 11.1. The molecule has 1 aliphatic rings. The van der Waals surface area contributed by atoms with Gasteiger partial charge in [-0.25, -0.2) is 4.98 Å². The van der Waals surface area contributed by atoms with E-state index in [0.29, 0.717) is 28.4 Å². The molecular formula is C14H10N2O3. The molecular weight excluding hydrogens is 244 g/mol. The van der Waals surface area contributed by atoms with Gasteiger partial charge in [-0.2, -0.15) is 0 Å². The lowest BCUT2D eigenvalue weighted by molar-refractivity contribution is 0.174. The SMILES string of the molecule is Nc1cccc2oc(-c3ccc4c(c3)OCO4)nc12. The third kappa shape index (κ3) is 1.52. The van der Waals surface area contributed by atoms with Crippen LogP contribution < -0.4 is 15.2 Å². The van der Waals surface area contributed by atoms with Gasteiger partial charge in [0, 0.05) is 5.56 Å². The van der Waals surface area contributed by atoms with Gasteiger partial charge < -0.3 is 19.6 Å². The van der Waals surface area contributed by atoms with E-state index in [4.69, 9.17) is 19.6 Å². The van der Waals surface area contributed by atoms with Crippen molar-refractivity contribution in [2.24, 2.45) is 0 Å². The van der Waals surface area contributed by atoms with Crippen molar-refractivity contribution < 1.29 is 13.9 Å². The monoisotopic (exact) mass is 254 g/mol. The van der Waals surface area contributed by atoms with Crippen LogP contribution in [-0.4, -0.2) is 11.8 Å². The van der Waals surface area contributed by atoms with Gasteiger partial charge in [-0.05, 0) is 30.3 Å². The summed E-state index contributed by atoms with van der Waals surface area (Å²) in [4.78, 5) is 4.42. The van der Waals surface area contributed by atoms with Gasteiger partial charge in [-0.1, -0.05) is 6.07 Å². The average molecular weight is 254 g/mol. The molecule has 0 amide bonds. The number of ether oxygens (including phenoxy) is 2. The number of nitrogen functional groups attached to an aromatic ring is 1. The Bertz CT molecular complexity index is 779. The third-order valence-electron chi connectivity index (χ3n) is 3.07. The van der Waals surface area contributed by atoms with Crippen molar-refractivity contribution in [3.8, 4) is 23.0 Å². The number of hydrogen-bond acceptors (Lipinski definition) is 5. The van der Waals surface area contributed by atoms with Gasteiger partial charge in [0.05, 0.1) is 5.69 Å². The number of benzene rings is 2. The normalized spacial score (nSPS) is 13.1. The number of rotatable bonds is 1.